The maximum absolute atomic E-state index is 5.41. The molecule has 0 radical (unpaired) electrons. The second kappa shape index (κ2) is 9.64. The lowest BCUT2D eigenvalue weighted by atomic mass is 10.2. The molecule has 1 atom stereocenters. The highest BCUT2D eigenvalue weighted by Gasteiger charge is 2.21. The van der Waals surface area contributed by atoms with E-state index in [9.17, 15) is 0 Å². The van der Waals surface area contributed by atoms with Gasteiger partial charge in [-0.05, 0) is 31.5 Å². The van der Waals surface area contributed by atoms with Crippen LogP contribution < -0.4 is 5.32 Å². The van der Waals surface area contributed by atoms with Crippen LogP contribution in [0.3, 0.4) is 0 Å². The standard InChI is InChI=1S/C10H25NO2Si/c1-5-10(14(12-3)13-4)8-7-9-11-6-2/h10-11,14H,5-9H2,1-4H3. The van der Waals surface area contributed by atoms with E-state index in [2.05, 4.69) is 19.2 Å². The molecule has 0 rings (SSSR count). The summed E-state index contributed by atoms with van der Waals surface area (Å²) in [5.41, 5.74) is 0.656. The highest BCUT2D eigenvalue weighted by molar-refractivity contribution is 6.46. The predicted octanol–water partition coefficient (Wildman–Crippen LogP) is 1.67. The highest BCUT2D eigenvalue weighted by atomic mass is 28.3. The Bertz CT molecular complexity index is 121. The van der Waals surface area contributed by atoms with Gasteiger partial charge in [-0.3, -0.25) is 0 Å². The molecule has 86 valence electrons. The van der Waals surface area contributed by atoms with E-state index in [4.69, 9.17) is 8.85 Å². The van der Waals surface area contributed by atoms with Gasteiger partial charge in [-0.25, -0.2) is 0 Å². The molecular weight excluding hydrogens is 194 g/mol. The quantitative estimate of drug-likeness (QED) is 0.473. The lowest BCUT2D eigenvalue weighted by Gasteiger charge is -2.21. The smallest absolute Gasteiger partial charge is 0.324 e. The van der Waals surface area contributed by atoms with E-state index in [1.54, 1.807) is 14.2 Å². The van der Waals surface area contributed by atoms with Crippen molar-refractivity contribution >= 4 is 9.28 Å². The molecule has 0 aliphatic carbocycles. The lowest BCUT2D eigenvalue weighted by molar-refractivity contribution is 0.260. The molecule has 1 N–H and O–H groups in total. The van der Waals surface area contributed by atoms with Crippen molar-refractivity contribution in [1.29, 1.82) is 0 Å². The van der Waals surface area contributed by atoms with Crippen molar-refractivity contribution < 1.29 is 8.85 Å². The third-order valence-electron chi connectivity index (χ3n) is 2.55. The third kappa shape index (κ3) is 5.75. The van der Waals surface area contributed by atoms with Crippen LogP contribution in [-0.2, 0) is 8.85 Å². The molecular formula is C10H25NO2Si. The zero-order valence-electron chi connectivity index (χ0n) is 10.0. The minimum absolute atomic E-state index is 0.656. The Morgan fingerprint density at radius 1 is 1.21 bits per heavy atom. The summed E-state index contributed by atoms with van der Waals surface area (Å²) >= 11 is 0. The van der Waals surface area contributed by atoms with Gasteiger partial charge in [0, 0.05) is 14.2 Å². The average Bonchev–Trinajstić information content (AvgIpc) is 2.23. The van der Waals surface area contributed by atoms with Gasteiger partial charge >= 0.3 is 9.28 Å². The summed E-state index contributed by atoms with van der Waals surface area (Å²) < 4.78 is 10.8. The van der Waals surface area contributed by atoms with Gasteiger partial charge in [0.05, 0.1) is 0 Å². The second-order valence-corrected chi connectivity index (χ2v) is 6.13. The fourth-order valence-electron chi connectivity index (χ4n) is 1.68. The highest BCUT2D eigenvalue weighted by Crippen LogP contribution is 2.21. The molecule has 0 aliphatic rings. The van der Waals surface area contributed by atoms with Crippen LogP contribution in [0, 0.1) is 0 Å². The van der Waals surface area contributed by atoms with Crippen LogP contribution in [0.1, 0.15) is 33.1 Å². The van der Waals surface area contributed by atoms with Crippen molar-refractivity contribution in [3.63, 3.8) is 0 Å². The van der Waals surface area contributed by atoms with Crippen LogP contribution in [0.2, 0.25) is 5.54 Å². The summed E-state index contributed by atoms with van der Waals surface area (Å²) in [5.74, 6) is 0. The molecule has 0 spiro atoms. The number of hydrogen-bond donors (Lipinski definition) is 1. The summed E-state index contributed by atoms with van der Waals surface area (Å²) in [4.78, 5) is 0. The van der Waals surface area contributed by atoms with Crippen molar-refractivity contribution in [2.45, 2.75) is 38.7 Å². The second-order valence-electron chi connectivity index (χ2n) is 3.50. The van der Waals surface area contributed by atoms with E-state index >= 15 is 0 Å². The molecule has 0 saturated carbocycles. The summed E-state index contributed by atoms with van der Waals surface area (Å²) in [5, 5.41) is 3.34. The Labute approximate surface area is 90.0 Å². The van der Waals surface area contributed by atoms with Gasteiger partial charge < -0.3 is 14.2 Å². The molecule has 0 aromatic heterocycles. The van der Waals surface area contributed by atoms with Gasteiger partial charge in [-0.15, -0.1) is 0 Å². The molecule has 0 saturated heterocycles. The molecule has 0 amide bonds. The van der Waals surface area contributed by atoms with Crippen LogP contribution in [-0.4, -0.2) is 36.6 Å². The predicted molar refractivity (Wildman–Crippen MR) is 63.0 cm³/mol. The first kappa shape index (κ1) is 14.1. The summed E-state index contributed by atoms with van der Waals surface area (Å²) in [6.45, 7) is 6.53. The SMILES string of the molecule is CCNCCCC(CC)[SiH](OC)OC. The lowest BCUT2D eigenvalue weighted by Crippen LogP contribution is -2.26. The van der Waals surface area contributed by atoms with Crippen molar-refractivity contribution in [2.75, 3.05) is 27.3 Å². The summed E-state index contributed by atoms with van der Waals surface area (Å²) in [6.07, 6.45) is 3.62. The fraction of sp³-hybridized carbons (Fsp3) is 1.00. The number of hydrogen-bond acceptors (Lipinski definition) is 3. The van der Waals surface area contributed by atoms with E-state index in [0.29, 0.717) is 5.54 Å². The third-order valence-corrected chi connectivity index (χ3v) is 5.06. The molecule has 4 heteroatoms. The van der Waals surface area contributed by atoms with E-state index in [1.807, 2.05) is 0 Å². The van der Waals surface area contributed by atoms with Gasteiger partial charge in [-0.1, -0.05) is 20.3 Å². The molecule has 0 fully saturated rings. The first-order chi connectivity index (χ1) is 6.79. The van der Waals surface area contributed by atoms with Crippen molar-refractivity contribution in [3.05, 3.63) is 0 Å². The molecule has 3 nitrogen and oxygen atoms in total. The monoisotopic (exact) mass is 219 g/mol. The average molecular weight is 219 g/mol. The Kier molecular flexibility index (Phi) is 9.71. The van der Waals surface area contributed by atoms with Crippen molar-refractivity contribution in [3.8, 4) is 0 Å². The van der Waals surface area contributed by atoms with E-state index in [0.717, 1.165) is 13.1 Å². The van der Waals surface area contributed by atoms with Gasteiger partial charge in [0.15, 0.2) is 0 Å². The number of nitrogens with one attached hydrogen (secondary N) is 1. The van der Waals surface area contributed by atoms with Crippen LogP contribution in [0.4, 0.5) is 0 Å². The minimum atomic E-state index is -1.39. The molecule has 0 heterocycles. The van der Waals surface area contributed by atoms with Crippen molar-refractivity contribution in [1.82, 2.24) is 5.32 Å². The molecule has 14 heavy (non-hydrogen) atoms. The molecule has 0 bridgehead atoms. The molecule has 1 unspecified atom stereocenters. The molecule has 0 aromatic rings. The normalized spacial score (nSPS) is 13.5. The first-order valence-corrected chi connectivity index (χ1v) is 7.17. The Hall–Kier alpha value is 0.0969. The molecule has 0 aliphatic heterocycles. The fourth-order valence-corrected chi connectivity index (χ4v) is 3.53. The van der Waals surface area contributed by atoms with Gasteiger partial charge in [-0.2, -0.15) is 0 Å². The van der Waals surface area contributed by atoms with Gasteiger partial charge in [0.25, 0.3) is 0 Å². The maximum Gasteiger partial charge on any atom is 0.324 e. The van der Waals surface area contributed by atoms with Crippen molar-refractivity contribution in [2.24, 2.45) is 0 Å². The van der Waals surface area contributed by atoms with Crippen LogP contribution in [0.5, 0.6) is 0 Å². The zero-order valence-corrected chi connectivity index (χ0v) is 11.2. The van der Waals surface area contributed by atoms with Crippen LogP contribution in [0.15, 0.2) is 0 Å². The van der Waals surface area contributed by atoms with Gasteiger partial charge in [0.1, 0.15) is 0 Å². The minimum Gasteiger partial charge on any atom is -0.400 e. The summed E-state index contributed by atoms with van der Waals surface area (Å²) in [6, 6.07) is 0. The van der Waals surface area contributed by atoms with E-state index in [1.165, 1.54) is 19.3 Å². The largest absolute Gasteiger partial charge is 0.400 e. The Morgan fingerprint density at radius 2 is 1.86 bits per heavy atom. The zero-order chi connectivity index (χ0) is 10.8. The summed E-state index contributed by atoms with van der Waals surface area (Å²) in [7, 11) is 2.16. The Morgan fingerprint density at radius 3 is 2.29 bits per heavy atom. The van der Waals surface area contributed by atoms with E-state index < -0.39 is 9.28 Å². The number of rotatable bonds is 9. The van der Waals surface area contributed by atoms with E-state index in [-0.39, 0.29) is 0 Å². The first-order valence-electron chi connectivity index (χ1n) is 5.56. The van der Waals surface area contributed by atoms with Gasteiger partial charge in [0.2, 0.25) is 0 Å². The Balaban J connectivity index is 3.65. The molecule has 0 aromatic carbocycles. The topological polar surface area (TPSA) is 30.5 Å². The van der Waals surface area contributed by atoms with Crippen LogP contribution in [0.25, 0.3) is 0 Å². The van der Waals surface area contributed by atoms with Crippen LogP contribution >= 0.6 is 0 Å². The maximum atomic E-state index is 5.41.